The van der Waals surface area contributed by atoms with Crippen molar-refractivity contribution in [1.29, 1.82) is 0 Å². The molecular weight excluding hydrogens is 346 g/mol. The fourth-order valence-corrected chi connectivity index (χ4v) is 2.68. The molecule has 144 valence electrons. The summed E-state index contributed by atoms with van der Waals surface area (Å²) in [5.74, 6) is -1.03. The van der Waals surface area contributed by atoms with Crippen molar-refractivity contribution in [3.8, 4) is 0 Å². The summed E-state index contributed by atoms with van der Waals surface area (Å²) in [6, 6.07) is 8.95. The summed E-state index contributed by atoms with van der Waals surface area (Å²) in [6.07, 6.45) is 0.00280. The van der Waals surface area contributed by atoms with E-state index in [9.17, 15) is 14.4 Å². The lowest BCUT2D eigenvalue weighted by Crippen LogP contribution is -2.44. The smallest absolute Gasteiger partial charge is 0.260 e. The van der Waals surface area contributed by atoms with Gasteiger partial charge in [-0.3, -0.25) is 29.9 Å². The molecule has 1 unspecified atom stereocenters. The number of amides is 3. The van der Waals surface area contributed by atoms with Crippen LogP contribution in [0, 0.1) is 20.8 Å². The largest absolute Gasteiger partial charge is 0.349 e. The molecule has 0 aliphatic carbocycles. The summed E-state index contributed by atoms with van der Waals surface area (Å²) >= 11 is 0. The zero-order valence-electron chi connectivity index (χ0n) is 16.0. The second kappa shape index (κ2) is 8.98. The highest BCUT2D eigenvalue weighted by Gasteiger charge is 2.17. The van der Waals surface area contributed by atoms with E-state index in [0.717, 1.165) is 22.5 Å². The molecule has 3 N–H and O–H groups in total. The van der Waals surface area contributed by atoms with Gasteiger partial charge in [0.25, 0.3) is 5.91 Å². The lowest BCUT2D eigenvalue weighted by Gasteiger charge is -2.18. The highest BCUT2D eigenvalue weighted by atomic mass is 16.2. The molecule has 0 spiro atoms. The Bertz CT molecular complexity index is 826. The van der Waals surface area contributed by atoms with Crippen LogP contribution < -0.4 is 16.2 Å². The molecule has 1 atom stereocenters. The number of nitrogens with one attached hydrogen (secondary N) is 3. The molecule has 0 radical (unpaired) electrons. The van der Waals surface area contributed by atoms with Crippen molar-refractivity contribution in [1.82, 2.24) is 25.9 Å². The number of benzene rings is 1. The van der Waals surface area contributed by atoms with Crippen LogP contribution in [0.25, 0.3) is 0 Å². The van der Waals surface area contributed by atoms with Crippen LogP contribution in [-0.2, 0) is 20.9 Å². The van der Waals surface area contributed by atoms with E-state index in [4.69, 9.17) is 0 Å². The molecule has 1 aromatic heterocycles. The molecule has 1 aromatic carbocycles. The number of hydrazine groups is 1. The summed E-state index contributed by atoms with van der Waals surface area (Å²) in [7, 11) is 0. The van der Waals surface area contributed by atoms with Crippen molar-refractivity contribution in [2.24, 2.45) is 0 Å². The van der Waals surface area contributed by atoms with Crippen molar-refractivity contribution < 1.29 is 14.4 Å². The van der Waals surface area contributed by atoms with Gasteiger partial charge in [-0.25, -0.2) is 0 Å². The van der Waals surface area contributed by atoms with Crippen LogP contribution in [0.1, 0.15) is 41.9 Å². The topological polar surface area (TPSA) is 105 Å². The molecule has 0 saturated heterocycles. The van der Waals surface area contributed by atoms with E-state index in [1.165, 1.54) is 6.92 Å². The number of aromatic nitrogens is 2. The number of hydrogen-bond donors (Lipinski definition) is 3. The average Bonchev–Trinajstić information content (AvgIpc) is 2.90. The van der Waals surface area contributed by atoms with Gasteiger partial charge < -0.3 is 5.32 Å². The van der Waals surface area contributed by atoms with Crippen molar-refractivity contribution in [3.05, 3.63) is 52.8 Å². The Morgan fingerprint density at radius 2 is 1.67 bits per heavy atom. The Labute approximate surface area is 158 Å². The first-order chi connectivity index (χ1) is 12.7. The van der Waals surface area contributed by atoms with Crippen LogP contribution in [0.5, 0.6) is 0 Å². The van der Waals surface area contributed by atoms with Gasteiger partial charge in [0.15, 0.2) is 0 Å². The second-order valence-electron chi connectivity index (χ2n) is 6.55. The summed E-state index contributed by atoms with van der Waals surface area (Å²) in [5, 5.41) is 6.96. The van der Waals surface area contributed by atoms with E-state index in [0.29, 0.717) is 0 Å². The van der Waals surface area contributed by atoms with Gasteiger partial charge in [-0.05, 0) is 32.4 Å². The van der Waals surface area contributed by atoms with Crippen LogP contribution in [0.4, 0.5) is 0 Å². The van der Waals surface area contributed by atoms with E-state index in [2.05, 4.69) is 21.3 Å². The molecule has 1 heterocycles. The van der Waals surface area contributed by atoms with Crippen molar-refractivity contribution in [2.45, 2.75) is 46.7 Å². The first-order valence-electron chi connectivity index (χ1n) is 8.67. The van der Waals surface area contributed by atoms with Crippen LogP contribution in [0.2, 0.25) is 0 Å². The number of aryl methyl sites for hydroxylation is 3. The first kappa shape index (κ1) is 20.2. The Balaban J connectivity index is 1.91. The number of carbonyl (C=O) groups is 3. The fourth-order valence-electron chi connectivity index (χ4n) is 2.68. The third-order valence-electron chi connectivity index (χ3n) is 3.98. The molecule has 0 aliphatic heterocycles. The molecule has 8 heteroatoms. The van der Waals surface area contributed by atoms with E-state index >= 15 is 0 Å². The molecule has 2 rings (SSSR count). The number of rotatable bonds is 6. The molecular formula is C19H25N5O3. The lowest BCUT2D eigenvalue weighted by atomic mass is 10.0. The van der Waals surface area contributed by atoms with Crippen LogP contribution >= 0.6 is 0 Å². The van der Waals surface area contributed by atoms with Gasteiger partial charge in [0, 0.05) is 12.6 Å². The van der Waals surface area contributed by atoms with Gasteiger partial charge >= 0.3 is 0 Å². The molecule has 0 fully saturated rings. The van der Waals surface area contributed by atoms with Crippen molar-refractivity contribution >= 4 is 17.7 Å². The quantitative estimate of drug-likeness (QED) is 0.664. The Hall–Kier alpha value is -3.16. The maximum Gasteiger partial charge on any atom is 0.260 e. The van der Waals surface area contributed by atoms with E-state index in [-0.39, 0.29) is 24.8 Å². The standard InChI is InChI=1S/C19H25N5O3/c1-12-5-7-16(8-6-12)17(20-15(4)25)10-18(26)21-22-19(27)11-24-14(3)9-13(2)23-24/h5-9,17H,10-11H2,1-4H3,(H,20,25)(H,21,26)(H,22,27). The maximum atomic E-state index is 12.2. The van der Waals surface area contributed by atoms with Crippen molar-refractivity contribution in [3.63, 3.8) is 0 Å². The number of nitrogens with zero attached hydrogens (tertiary/aromatic N) is 2. The van der Waals surface area contributed by atoms with Crippen LogP contribution in [0.3, 0.4) is 0 Å². The second-order valence-corrected chi connectivity index (χ2v) is 6.55. The highest BCUT2D eigenvalue weighted by Crippen LogP contribution is 2.17. The molecule has 0 saturated carbocycles. The van der Waals surface area contributed by atoms with Gasteiger partial charge in [0.05, 0.1) is 18.2 Å². The minimum Gasteiger partial charge on any atom is -0.349 e. The van der Waals surface area contributed by atoms with Crippen molar-refractivity contribution in [2.75, 3.05) is 0 Å². The zero-order chi connectivity index (χ0) is 20.0. The van der Waals surface area contributed by atoms with Crippen LogP contribution in [-0.4, -0.2) is 27.5 Å². The lowest BCUT2D eigenvalue weighted by molar-refractivity contribution is -0.130. The maximum absolute atomic E-state index is 12.2. The molecule has 0 bridgehead atoms. The van der Waals surface area contributed by atoms with Gasteiger partial charge in [-0.2, -0.15) is 5.10 Å². The number of hydrogen-bond acceptors (Lipinski definition) is 4. The first-order valence-corrected chi connectivity index (χ1v) is 8.67. The van der Waals surface area contributed by atoms with Gasteiger partial charge in [0.1, 0.15) is 6.54 Å². The van der Waals surface area contributed by atoms with Crippen LogP contribution in [0.15, 0.2) is 30.3 Å². The summed E-state index contributed by atoms with van der Waals surface area (Å²) in [4.78, 5) is 35.7. The fraction of sp³-hybridized carbons (Fsp3) is 0.368. The summed E-state index contributed by atoms with van der Waals surface area (Å²) < 4.78 is 1.56. The monoisotopic (exact) mass is 371 g/mol. The minimum absolute atomic E-state index is 0.00280. The molecule has 27 heavy (non-hydrogen) atoms. The summed E-state index contributed by atoms with van der Waals surface area (Å²) in [5.41, 5.74) is 8.34. The summed E-state index contributed by atoms with van der Waals surface area (Å²) in [6.45, 7) is 7.06. The Kier molecular flexibility index (Phi) is 6.70. The zero-order valence-corrected chi connectivity index (χ0v) is 16.0. The third kappa shape index (κ3) is 6.25. The van der Waals surface area contributed by atoms with Gasteiger partial charge in [-0.15, -0.1) is 0 Å². The SMILES string of the molecule is CC(=O)NC(CC(=O)NNC(=O)Cn1nc(C)cc1C)c1ccc(C)cc1. The molecule has 8 nitrogen and oxygen atoms in total. The van der Waals surface area contributed by atoms with Gasteiger partial charge in [-0.1, -0.05) is 29.8 Å². The number of carbonyl (C=O) groups excluding carboxylic acids is 3. The van der Waals surface area contributed by atoms with E-state index < -0.39 is 11.9 Å². The predicted octanol–water partition coefficient (Wildman–Crippen LogP) is 1.22. The van der Waals surface area contributed by atoms with E-state index in [1.54, 1.807) is 4.68 Å². The Morgan fingerprint density at radius 1 is 1.04 bits per heavy atom. The highest BCUT2D eigenvalue weighted by molar-refractivity contribution is 5.83. The predicted molar refractivity (Wildman–Crippen MR) is 100 cm³/mol. The van der Waals surface area contributed by atoms with Gasteiger partial charge in [0.2, 0.25) is 11.8 Å². The minimum atomic E-state index is -0.476. The third-order valence-corrected chi connectivity index (χ3v) is 3.98. The van der Waals surface area contributed by atoms with E-state index in [1.807, 2.05) is 51.1 Å². The average molecular weight is 371 g/mol. The molecule has 0 aliphatic rings. The molecule has 3 amide bonds. The Morgan fingerprint density at radius 3 is 2.22 bits per heavy atom. The normalized spacial score (nSPS) is 11.6. The molecule has 2 aromatic rings.